The molecule has 23 heavy (non-hydrogen) atoms. The van der Waals surface area contributed by atoms with E-state index in [0.717, 1.165) is 37.4 Å². The third-order valence-electron chi connectivity index (χ3n) is 4.78. The van der Waals surface area contributed by atoms with Crippen LogP contribution < -0.4 is 5.32 Å². The Labute approximate surface area is 141 Å². The van der Waals surface area contributed by atoms with Gasteiger partial charge in [0.25, 0.3) is 0 Å². The number of hydrogen-bond donors (Lipinski definition) is 1. The molecule has 2 aliphatic rings. The summed E-state index contributed by atoms with van der Waals surface area (Å²) in [7, 11) is 2.06. The molecule has 1 N–H and O–H groups in total. The Hall–Kier alpha value is -1.59. The van der Waals surface area contributed by atoms with Crippen LogP contribution in [0.2, 0.25) is 5.02 Å². The van der Waals surface area contributed by atoms with Crippen molar-refractivity contribution >= 4 is 29.1 Å². The van der Waals surface area contributed by atoms with Gasteiger partial charge in [0, 0.05) is 36.9 Å². The van der Waals surface area contributed by atoms with Gasteiger partial charge in [-0.15, -0.1) is 0 Å². The summed E-state index contributed by atoms with van der Waals surface area (Å²) in [6.45, 7) is 5.19. The molecule has 2 atom stereocenters. The number of anilines is 1. The molecule has 0 spiro atoms. The number of nitrogens with zero attached hydrogens (tertiary/aromatic N) is 2. The molecule has 1 saturated heterocycles. The molecule has 2 unspecified atom stereocenters. The summed E-state index contributed by atoms with van der Waals surface area (Å²) < 4.78 is 0. The second-order valence-corrected chi connectivity index (χ2v) is 6.89. The summed E-state index contributed by atoms with van der Waals surface area (Å²) in [5, 5.41) is 3.53. The van der Waals surface area contributed by atoms with Gasteiger partial charge in [-0.2, -0.15) is 0 Å². The van der Waals surface area contributed by atoms with Gasteiger partial charge in [0.2, 0.25) is 11.8 Å². The van der Waals surface area contributed by atoms with Gasteiger partial charge in [-0.25, -0.2) is 0 Å². The molecule has 1 aliphatic heterocycles. The topological polar surface area (TPSA) is 52.7 Å². The number of carbonyl (C=O) groups is 2. The molecule has 0 radical (unpaired) electrons. The zero-order valence-electron chi connectivity index (χ0n) is 13.5. The summed E-state index contributed by atoms with van der Waals surface area (Å²) in [5.74, 6) is -0.317. The smallest absolute Gasteiger partial charge is 0.228 e. The Balaban J connectivity index is 1.56. The Morgan fingerprint density at radius 2 is 1.87 bits per heavy atom. The summed E-state index contributed by atoms with van der Waals surface area (Å²) in [6.07, 6.45) is 0.649. The lowest BCUT2D eigenvalue weighted by molar-refractivity contribution is -0.135. The fraction of sp³-hybridized carbons (Fsp3) is 0.529. The molecule has 1 aromatic carbocycles. The van der Waals surface area contributed by atoms with E-state index >= 15 is 0 Å². The fourth-order valence-electron chi connectivity index (χ4n) is 2.99. The maximum atomic E-state index is 12.5. The van der Waals surface area contributed by atoms with E-state index in [1.165, 1.54) is 0 Å². The molecule has 6 heteroatoms. The molecule has 1 aliphatic carbocycles. The van der Waals surface area contributed by atoms with Crippen molar-refractivity contribution in [3.63, 3.8) is 0 Å². The molecule has 0 aromatic heterocycles. The number of halogens is 1. The average Bonchev–Trinajstić information content (AvgIpc) is 3.32. The first kappa shape index (κ1) is 16.3. The number of rotatable bonds is 3. The van der Waals surface area contributed by atoms with Crippen molar-refractivity contribution in [3.8, 4) is 0 Å². The van der Waals surface area contributed by atoms with E-state index in [1.54, 1.807) is 6.07 Å². The third-order valence-corrected chi connectivity index (χ3v) is 5.19. The Morgan fingerprint density at radius 1 is 1.17 bits per heavy atom. The second-order valence-electron chi connectivity index (χ2n) is 6.48. The van der Waals surface area contributed by atoms with Gasteiger partial charge in [-0.05, 0) is 38.1 Å². The minimum Gasteiger partial charge on any atom is -0.340 e. The molecular weight excluding hydrogens is 314 g/mol. The van der Waals surface area contributed by atoms with Crippen LogP contribution in [0.3, 0.4) is 0 Å². The van der Waals surface area contributed by atoms with Crippen LogP contribution in [-0.2, 0) is 9.59 Å². The molecule has 2 fully saturated rings. The molecule has 0 bridgehead atoms. The van der Waals surface area contributed by atoms with E-state index < -0.39 is 0 Å². The monoisotopic (exact) mass is 335 g/mol. The van der Waals surface area contributed by atoms with E-state index in [0.29, 0.717) is 11.4 Å². The fourth-order valence-corrected chi connectivity index (χ4v) is 3.16. The summed E-state index contributed by atoms with van der Waals surface area (Å²) in [4.78, 5) is 28.9. The van der Waals surface area contributed by atoms with Crippen LogP contribution in [0, 0.1) is 18.8 Å². The van der Waals surface area contributed by atoms with Crippen LogP contribution in [0.25, 0.3) is 0 Å². The van der Waals surface area contributed by atoms with Gasteiger partial charge in [0.05, 0.1) is 11.8 Å². The highest BCUT2D eigenvalue weighted by molar-refractivity contribution is 6.31. The van der Waals surface area contributed by atoms with Crippen molar-refractivity contribution in [2.24, 2.45) is 11.8 Å². The predicted molar refractivity (Wildman–Crippen MR) is 90.5 cm³/mol. The predicted octanol–water partition coefficient (Wildman–Crippen LogP) is 2.00. The van der Waals surface area contributed by atoms with E-state index in [-0.39, 0.29) is 23.7 Å². The Bertz CT molecular complexity index is 626. The molecule has 5 nitrogen and oxygen atoms in total. The van der Waals surface area contributed by atoms with E-state index in [2.05, 4.69) is 17.3 Å². The maximum Gasteiger partial charge on any atom is 0.228 e. The lowest BCUT2D eigenvalue weighted by Gasteiger charge is -2.32. The third kappa shape index (κ3) is 3.51. The number of amides is 2. The standard InChI is InChI=1S/C17H22ClN3O2/c1-11-14(18)4-3-5-15(11)19-16(22)12-10-13(12)17(23)21-8-6-20(2)7-9-21/h3-5,12-13H,6-10H2,1-2H3,(H,19,22). The highest BCUT2D eigenvalue weighted by Gasteiger charge is 2.49. The zero-order chi connectivity index (χ0) is 16.6. The van der Waals surface area contributed by atoms with Gasteiger partial charge in [0.1, 0.15) is 0 Å². The lowest BCUT2D eigenvalue weighted by atomic mass is 10.2. The van der Waals surface area contributed by atoms with Crippen LogP contribution in [0.5, 0.6) is 0 Å². The number of nitrogens with one attached hydrogen (secondary N) is 1. The lowest BCUT2D eigenvalue weighted by Crippen LogP contribution is -2.48. The van der Waals surface area contributed by atoms with E-state index in [1.807, 2.05) is 24.0 Å². The number of carbonyl (C=O) groups excluding carboxylic acids is 2. The highest BCUT2D eigenvalue weighted by Crippen LogP contribution is 2.41. The Kier molecular flexibility index (Phi) is 4.60. The SMILES string of the molecule is Cc1c(Cl)cccc1NC(=O)C1CC1C(=O)N1CCN(C)CC1. The normalized spacial score (nSPS) is 24.4. The van der Waals surface area contributed by atoms with Crippen molar-refractivity contribution in [1.82, 2.24) is 9.80 Å². The van der Waals surface area contributed by atoms with Gasteiger partial charge in [-0.1, -0.05) is 17.7 Å². The molecule has 1 aromatic rings. The summed E-state index contributed by atoms with van der Waals surface area (Å²) in [6, 6.07) is 5.44. The molecular formula is C17H22ClN3O2. The first-order valence-electron chi connectivity index (χ1n) is 8.00. The van der Waals surface area contributed by atoms with Crippen LogP contribution >= 0.6 is 11.6 Å². The number of hydrogen-bond acceptors (Lipinski definition) is 3. The highest BCUT2D eigenvalue weighted by atomic mass is 35.5. The number of likely N-dealkylation sites (N-methyl/N-ethyl adjacent to an activating group) is 1. The van der Waals surface area contributed by atoms with Crippen LogP contribution in [-0.4, -0.2) is 54.8 Å². The minimum absolute atomic E-state index is 0.0807. The quantitative estimate of drug-likeness (QED) is 0.919. The van der Waals surface area contributed by atoms with Crippen molar-refractivity contribution in [3.05, 3.63) is 28.8 Å². The number of piperazine rings is 1. The average molecular weight is 336 g/mol. The van der Waals surface area contributed by atoms with Gasteiger partial charge < -0.3 is 15.1 Å². The van der Waals surface area contributed by atoms with Crippen molar-refractivity contribution in [1.29, 1.82) is 0 Å². The van der Waals surface area contributed by atoms with Crippen LogP contribution in [0.1, 0.15) is 12.0 Å². The van der Waals surface area contributed by atoms with Crippen LogP contribution in [0.15, 0.2) is 18.2 Å². The van der Waals surface area contributed by atoms with Gasteiger partial charge in [0.15, 0.2) is 0 Å². The molecule has 2 amide bonds. The van der Waals surface area contributed by atoms with Crippen molar-refractivity contribution < 1.29 is 9.59 Å². The molecule has 1 saturated carbocycles. The largest absolute Gasteiger partial charge is 0.340 e. The van der Waals surface area contributed by atoms with E-state index in [9.17, 15) is 9.59 Å². The number of benzene rings is 1. The van der Waals surface area contributed by atoms with Crippen molar-refractivity contribution in [2.75, 3.05) is 38.5 Å². The first-order chi connectivity index (χ1) is 11.0. The van der Waals surface area contributed by atoms with E-state index in [4.69, 9.17) is 11.6 Å². The van der Waals surface area contributed by atoms with Crippen molar-refractivity contribution in [2.45, 2.75) is 13.3 Å². The second kappa shape index (κ2) is 6.49. The summed E-state index contributed by atoms with van der Waals surface area (Å²) in [5.41, 5.74) is 1.57. The van der Waals surface area contributed by atoms with Crippen LogP contribution in [0.4, 0.5) is 5.69 Å². The van der Waals surface area contributed by atoms with Gasteiger partial charge >= 0.3 is 0 Å². The Morgan fingerprint density at radius 3 is 2.57 bits per heavy atom. The maximum absolute atomic E-state index is 12.5. The summed E-state index contributed by atoms with van der Waals surface area (Å²) >= 11 is 6.07. The molecule has 1 heterocycles. The molecule has 124 valence electrons. The molecule has 3 rings (SSSR count). The first-order valence-corrected chi connectivity index (χ1v) is 8.38. The zero-order valence-corrected chi connectivity index (χ0v) is 14.3. The minimum atomic E-state index is -0.208. The van der Waals surface area contributed by atoms with Gasteiger partial charge in [-0.3, -0.25) is 9.59 Å².